The Bertz CT molecular complexity index is 901. The highest BCUT2D eigenvalue weighted by molar-refractivity contribution is 5.79. The van der Waals surface area contributed by atoms with Crippen molar-refractivity contribution in [3.05, 3.63) is 60.2 Å². The maximum Gasteiger partial charge on any atom is 0.241 e. The molecule has 1 N–H and O–H groups in total. The van der Waals surface area contributed by atoms with Gasteiger partial charge in [0.25, 0.3) is 0 Å². The van der Waals surface area contributed by atoms with Crippen LogP contribution >= 0.6 is 0 Å². The minimum absolute atomic E-state index is 0.0293. The van der Waals surface area contributed by atoms with E-state index in [9.17, 15) is 4.79 Å². The Labute approximate surface area is 164 Å². The van der Waals surface area contributed by atoms with Gasteiger partial charge in [-0.2, -0.15) is 0 Å². The topological polar surface area (TPSA) is 66.3 Å². The van der Waals surface area contributed by atoms with Crippen molar-refractivity contribution in [2.24, 2.45) is 0 Å². The van der Waals surface area contributed by atoms with E-state index in [1.165, 1.54) is 5.56 Å². The Morgan fingerprint density at radius 1 is 0.929 bits per heavy atom. The number of benzene rings is 2. The molecule has 0 bridgehead atoms. The van der Waals surface area contributed by atoms with Crippen LogP contribution in [0.4, 0.5) is 0 Å². The van der Waals surface area contributed by atoms with Gasteiger partial charge in [0.2, 0.25) is 5.91 Å². The van der Waals surface area contributed by atoms with Gasteiger partial charge in [0.15, 0.2) is 0 Å². The summed E-state index contributed by atoms with van der Waals surface area (Å²) in [4.78, 5) is 17.1. The SMILES string of the molecule is O=C(Cn1nnc2ccccc21)NCCN1CCN(Cc2ccccc2)CC1. The third-order valence-electron chi connectivity index (χ3n) is 5.18. The zero-order chi connectivity index (χ0) is 19.2. The first-order valence-corrected chi connectivity index (χ1v) is 9.81. The number of nitrogens with zero attached hydrogens (tertiary/aromatic N) is 5. The van der Waals surface area contributed by atoms with Crippen molar-refractivity contribution in [1.82, 2.24) is 30.1 Å². The smallest absolute Gasteiger partial charge is 0.241 e. The van der Waals surface area contributed by atoms with E-state index in [-0.39, 0.29) is 12.5 Å². The molecule has 4 rings (SSSR count). The van der Waals surface area contributed by atoms with Crippen molar-refractivity contribution < 1.29 is 4.79 Å². The molecule has 0 radical (unpaired) electrons. The van der Waals surface area contributed by atoms with Gasteiger partial charge in [0.05, 0.1) is 5.52 Å². The fraction of sp³-hybridized carbons (Fsp3) is 0.381. The van der Waals surface area contributed by atoms with E-state index in [0.29, 0.717) is 6.54 Å². The number of aromatic nitrogens is 3. The summed E-state index contributed by atoms with van der Waals surface area (Å²) < 4.78 is 1.65. The summed E-state index contributed by atoms with van der Waals surface area (Å²) in [6.45, 7) is 6.95. The fourth-order valence-corrected chi connectivity index (χ4v) is 3.59. The Kier molecular flexibility index (Phi) is 5.94. The van der Waals surface area contributed by atoms with Crippen LogP contribution in [0.25, 0.3) is 11.0 Å². The van der Waals surface area contributed by atoms with Crippen molar-refractivity contribution in [3.63, 3.8) is 0 Å². The molecule has 1 aromatic heterocycles. The zero-order valence-corrected chi connectivity index (χ0v) is 16.0. The van der Waals surface area contributed by atoms with Crippen molar-refractivity contribution in [2.75, 3.05) is 39.3 Å². The summed E-state index contributed by atoms with van der Waals surface area (Å²) in [6.07, 6.45) is 0. The molecule has 146 valence electrons. The molecule has 1 amide bonds. The number of amides is 1. The van der Waals surface area contributed by atoms with E-state index in [4.69, 9.17) is 0 Å². The summed E-state index contributed by atoms with van der Waals surface area (Å²) in [6, 6.07) is 18.3. The summed E-state index contributed by atoms with van der Waals surface area (Å²) in [7, 11) is 0. The Hall–Kier alpha value is -2.77. The third kappa shape index (κ3) is 4.74. The minimum atomic E-state index is -0.0293. The number of nitrogens with one attached hydrogen (secondary N) is 1. The molecule has 0 aliphatic carbocycles. The molecule has 0 spiro atoms. The predicted octanol–water partition coefficient (Wildman–Crippen LogP) is 1.37. The van der Waals surface area contributed by atoms with Gasteiger partial charge in [0.1, 0.15) is 12.1 Å². The van der Waals surface area contributed by atoms with Crippen LogP contribution in [0, 0.1) is 0 Å². The van der Waals surface area contributed by atoms with Crippen LogP contribution in [0.2, 0.25) is 0 Å². The van der Waals surface area contributed by atoms with Crippen molar-refractivity contribution in [2.45, 2.75) is 13.1 Å². The Morgan fingerprint density at radius 3 is 2.46 bits per heavy atom. The van der Waals surface area contributed by atoms with Gasteiger partial charge in [-0.05, 0) is 17.7 Å². The van der Waals surface area contributed by atoms with Gasteiger partial charge in [0, 0.05) is 45.8 Å². The first kappa shape index (κ1) is 18.6. The molecular formula is C21H26N6O. The van der Waals surface area contributed by atoms with Crippen LogP contribution in [-0.2, 0) is 17.9 Å². The van der Waals surface area contributed by atoms with Crippen LogP contribution in [0.3, 0.4) is 0 Å². The molecular weight excluding hydrogens is 352 g/mol. The number of hydrogen-bond acceptors (Lipinski definition) is 5. The summed E-state index contributed by atoms with van der Waals surface area (Å²) in [5.74, 6) is -0.0293. The molecule has 1 fully saturated rings. The minimum Gasteiger partial charge on any atom is -0.353 e. The lowest BCUT2D eigenvalue weighted by Gasteiger charge is -2.34. The number of piperazine rings is 1. The molecule has 2 aromatic carbocycles. The van der Waals surface area contributed by atoms with Crippen molar-refractivity contribution >= 4 is 16.9 Å². The molecule has 2 heterocycles. The second-order valence-electron chi connectivity index (χ2n) is 7.19. The summed E-state index contributed by atoms with van der Waals surface area (Å²) in [5.41, 5.74) is 3.06. The normalized spacial score (nSPS) is 15.7. The fourth-order valence-electron chi connectivity index (χ4n) is 3.59. The van der Waals surface area contributed by atoms with E-state index >= 15 is 0 Å². The van der Waals surface area contributed by atoms with Crippen LogP contribution in [0.15, 0.2) is 54.6 Å². The highest BCUT2D eigenvalue weighted by Crippen LogP contribution is 2.09. The number of rotatable bonds is 7. The quantitative estimate of drug-likeness (QED) is 0.673. The molecule has 7 nitrogen and oxygen atoms in total. The van der Waals surface area contributed by atoms with E-state index in [1.807, 2.05) is 24.3 Å². The maximum absolute atomic E-state index is 12.2. The second-order valence-corrected chi connectivity index (χ2v) is 7.19. The molecule has 1 aliphatic heterocycles. The summed E-state index contributed by atoms with van der Waals surface area (Å²) in [5, 5.41) is 11.1. The Morgan fingerprint density at radius 2 is 1.64 bits per heavy atom. The van der Waals surface area contributed by atoms with Gasteiger partial charge in [-0.15, -0.1) is 5.10 Å². The lowest BCUT2D eigenvalue weighted by molar-refractivity contribution is -0.121. The van der Waals surface area contributed by atoms with Gasteiger partial charge < -0.3 is 5.32 Å². The largest absolute Gasteiger partial charge is 0.353 e. The van der Waals surface area contributed by atoms with Gasteiger partial charge in [-0.25, -0.2) is 4.68 Å². The van der Waals surface area contributed by atoms with Crippen LogP contribution < -0.4 is 5.32 Å². The first-order chi connectivity index (χ1) is 13.8. The van der Waals surface area contributed by atoms with E-state index in [2.05, 4.69) is 55.8 Å². The van der Waals surface area contributed by atoms with Crippen molar-refractivity contribution in [3.8, 4) is 0 Å². The Balaban J connectivity index is 1.16. The standard InChI is InChI=1S/C21H26N6O/c28-21(17-27-20-9-5-4-8-19(20)23-24-27)22-10-11-25-12-14-26(15-13-25)16-18-6-2-1-3-7-18/h1-9H,10-17H2,(H,22,28). The van der Waals surface area contributed by atoms with Crippen LogP contribution in [-0.4, -0.2) is 70.0 Å². The zero-order valence-electron chi connectivity index (χ0n) is 16.0. The monoisotopic (exact) mass is 378 g/mol. The third-order valence-corrected chi connectivity index (χ3v) is 5.18. The number of carbonyl (C=O) groups excluding carboxylic acids is 1. The first-order valence-electron chi connectivity index (χ1n) is 9.81. The second kappa shape index (κ2) is 8.95. The number of hydrogen-bond donors (Lipinski definition) is 1. The molecule has 7 heteroatoms. The molecule has 1 saturated heterocycles. The molecule has 1 aliphatic rings. The average Bonchev–Trinajstić information content (AvgIpc) is 3.13. The van der Waals surface area contributed by atoms with Crippen molar-refractivity contribution in [1.29, 1.82) is 0 Å². The summed E-state index contributed by atoms with van der Waals surface area (Å²) >= 11 is 0. The maximum atomic E-state index is 12.2. The average molecular weight is 378 g/mol. The number of fused-ring (bicyclic) bond motifs is 1. The van der Waals surface area contributed by atoms with Crippen LogP contribution in [0.1, 0.15) is 5.56 Å². The molecule has 28 heavy (non-hydrogen) atoms. The van der Waals surface area contributed by atoms with E-state index in [0.717, 1.165) is 50.3 Å². The highest BCUT2D eigenvalue weighted by atomic mass is 16.2. The lowest BCUT2D eigenvalue weighted by atomic mass is 10.2. The van der Waals surface area contributed by atoms with E-state index in [1.54, 1.807) is 4.68 Å². The highest BCUT2D eigenvalue weighted by Gasteiger charge is 2.17. The molecule has 0 unspecified atom stereocenters. The molecule has 0 atom stereocenters. The van der Waals surface area contributed by atoms with Gasteiger partial charge in [-0.1, -0.05) is 47.7 Å². The number of carbonyl (C=O) groups is 1. The molecule has 3 aromatic rings. The van der Waals surface area contributed by atoms with Gasteiger partial charge >= 0.3 is 0 Å². The number of para-hydroxylation sites is 1. The van der Waals surface area contributed by atoms with Gasteiger partial charge in [-0.3, -0.25) is 14.6 Å². The van der Waals surface area contributed by atoms with Crippen LogP contribution in [0.5, 0.6) is 0 Å². The lowest BCUT2D eigenvalue weighted by Crippen LogP contribution is -2.48. The molecule has 0 saturated carbocycles. The predicted molar refractivity (Wildman–Crippen MR) is 109 cm³/mol. The van der Waals surface area contributed by atoms with E-state index < -0.39 is 0 Å².